The van der Waals surface area contributed by atoms with Gasteiger partial charge in [0.05, 0.1) is 6.10 Å². The van der Waals surface area contributed by atoms with Gasteiger partial charge in [-0.1, -0.05) is 13.8 Å². The first kappa shape index (κ1) is 9.01. The fraction of sp³-hybridized carbons (Fsp3) is 1.00. The Labute approximate surface area is 69.3 Å². The molecule has 0 heterocycles. The van der Waals surface area contributed by atoms with Crippen LogP contribution in [0.25, 0.3) is 0 Å². The highest BCUT2D eigenvalue weighted by atomic mass is 16.5. The van der Waals surface area contributed by atoms with Gasteiger partial charge in [-0.3, -0.25) is 0 Å². The van der Waals surface area contributed by atoms with E-state index in [0.717, 1.165) is 0 Å². The number of hydrogen-bond acceptors (Lipinski definition) is 2. The van der Waals surface area contributed by atoms with Gasteiger partial charge in [0.25, 0.3) is 0 Å². The molecule has 1 aliphatic carbocycles. The molecule has 1 saturated carbocycles. The molecule has 0 unspecified atom stereocenters. The van der Waals surface area contributed by atoms with E-state index in [-0.39, 0.29) is 0 Å². The van der Waals surface area contributed by atoms with Crippen LogP contribution in [0.4, 0.5) is 0 Å². The second-order valence-electron chi connectivity index (χ2n) is 3.63. The Bertz CT molecular complexity index is 114. The van der Waals surface area contributed by atoms with Crippen LogP contribution in [-0.2, 0) is 4.74 Å². The predicted octanol–water partition coefficient (Wildman–Crippen LogP) is 1.55. The van der Waals surface area contributed by atoms with E-state index in [0.29, 0.717) is 18.2 Å². The molecule has 0 aromatic carbocycles. The Morgan fingerprint density at radius 3 is 2.64 bits per heavy atom. The van der Waals surface area contributed by atoms with Gasteiger partial charge in [-0.15, -0.1) is 0 Å². The second kappa shape index (κ2) is 4.07. The van der Waals surface area contributed by atoms with Crippen molar-refractivity contribution in [2.75, 3.05) is 7.11 Å². The Hall–Kier alpha value is -0.0800. The Morgan fingerprint density at radius 1 is 1.36 bits per heavy atom. The van der Waals surface area contributed by atoms with Gasteiger partial charge in [0.1, 0.15) is 0 Å². The maximum Gasteiger partial charge on any atom is 0.0724 e. The van der Waals surface area contributed by atoms with Crippen LogP contribution in [0.5, 0.6) is 0 Å². The van der Waals surface area contributed by atoms with Crippen LogP contribution in [0.3, 0.4) is 0 Å². The molecule has 1 N–H and O–H groups in total. The van der Waals surface area contributed by atoms with Crippen LogP contribution in [-0.4, -0.2) is 25.3 Å². The third-order valence-corrected chi connectivity index (χ3v) is 2.30. The summed E-state index contributed by atoms with van der Waals surface area (Å²) in [7, 11) is 1.81. The van der Waals surface area contributed by atoms with Crippen LogP contribution < -0.4 is 5.32 Å². The van der Waals surface area contributed by atoms with Gasteiger partial charge < -0.3 is 10.1 Å². The Kier molecular flexibility index (Phi) is 3.34. The molecule has 0 saturated heterocycles. The van der Waals surface area contributed by atoms with Crippen LogP contribution in [0.2, 0.25) is 0 Å². The van der Waals surface area contributed by atoms with Crippen molar-refractivity contribution < 1.29 is 4.74 Å². The molecule has 66 valence electrons. The first-order valence-electron chi connectivity index (χ1n) is 4.53. The minimum absolute atomic E-state index is 0.456. The summed E-state index contributed by atoms with van der Waals surface area (Å²) in [6.07, 6.45) is 4.26. The molecule has 2 nitrogen and oxygen atoms in total. The Morgan fingerprint density at radius 2 is 2.09 bits per heavy atom. The summed E-state index contributed by atoms with van der Waals surface area (Å²) < 4.78 is 5.36. The van der Waals surface area contributed by atoms with Crippen molar-refractivity contribution in [3.8, 4) is 0 Å². The summed E-state index contributed by atoms with van der Waals surface area (Å²) in [5, 5.41) is 3.52. The molecule has 2 heteroatoms. The van der Waals surface area contributed by atoms with Crippen molar-refractivity contribution in [2.24, 2.45) is 0 Å². The molecular weight excluding hydrogens is 138 g/mol. The van der Waals surface area contributed by atoms with Gasteiger partial charge in [-0.05, 0) is 19.3 Å². The maximum absolute atomic E-state index is 5.36. The smallest absolute Gasteiger partial charge is 0.0724 e. The lowest BCUT2D eigenvalue weighted by Gasteiger charge is -2.21. The van der Waals surface area contributed by atoms with Gasteiger partial charge in [-0.25, -0.2) is 0 Å². The summed E-state index contributed by atoms with van der Waals surface area (Å²) in [5.74, 6) is 0. The average Bonchev–Trinajstić information content (AvgIpc) is 2.34. The lowest BCUT2D eigenvalue weighted by Crippen LogP contribution is -2.40. The average molecular weight is 157 g/mol. The van der Waals surface area contributed by atoms with Crippen molar-refractivity contribution in [3.63, 3.8) is 0 Å². The molecule has 0 radical (unpaired) electrons. The molecule has 0 bridgehead atoms. The molecule has 0 amide bonds. The maximum atomic E-state index is 5.36. The fourth-order valence-electron chi connectivity index (χ4n) is 1.83. The van der Waals surface area contributed by atoms with E-state index in [2.05, 4.69) is 19.2 Å². The van der Waals surface area contributed by atoms with Gasteiger partial charge in [-0.2, -0.15) is 0 Å². The monoisotopic (exact) mass is 157 g/mol. The van der Waals surface area contributed by atoms with Crippen molar-refractivity contribution in [1.29, 1.82) is 0 Å². The third kappa shape index (κ3) is 2.46. The quantitative estimate of drug-likeness (QED) is 0.671. The molecule has 0 aromatic heterocycles. The van der Waals surface area contributed by atoms with Crippen molar-refractivity contribution >= 4 is 0 Å². The van der Waals surface area contributed by atoms with E-state index in [9.17, 15) is 0 Å². The lowest BCUT2D eigenvalue weighted by atomic mass is 10.2. The topological polar surface area (TPSA) is 21.3 Å². The highest BCUT2D eigenvalue weighted by molar-refractivity contribution is 4.84. The lowest BCUT2D eigenvalue weighted by molar-refractivity contribution is 0.0827. The van der Waals surface area contributed by atoms with Gasteiger partial charge in [0.15, 0.2) is 0 Å². The number of ether oxygens (including phenoxy) is 1. The molecule has 0 aromatic rings. The predicted molar refractivity (Wildman–Crippen MR) is 46.7 cm³/mol. The molecule has 0 aliphatic heterocycles. The summed E-state index contributed by atoms with van der Waals surface area (Å²) >= 11 is 0. The number of hydrogen-bond donors (Lipinski definition) is 1. The van der Waals surface area contributed by atoms with E-state index in [1.54, 1.807) is 0 Å². The number of methoxy groups -OCH3 is 1. The van der Waals surface area contributed by atoms with E-state index in [1.165, 1.54) is 19.3 Å². The molecule has 1 fully saturated rings. The molecule has 1 rings (SSSR count). The summed E-state index contributed by atoms with van der Waals surface area (Å²) in [6.45, 7) is 4.37. The number of nitrogens with one attached hydrogen (secondary N) is 1. The van der Waals surface area contributed by atoms with Gasteiger partial charge in [0.2, 0.25) is 0 Å². The van der Waals surface area contributed by atoms with Gasteiger partial charge >= 0.3 is 0 Å². The summed E-state index contributed by atoms with van der Waals surface area (Å²) in [5.41, 5.74) is 0. The van der Waals surface area contributed by atoms with E-state index in [1.807, 2.05) is 7.11 Å². The normalized spacial score (nSPS) is 31.6. The highest BCUT2D eigenvalue weighted by Crippen LogP contribution is 2.21. The second-order valence-corrected chi connectivity index (χ2v) is 3.63. The Balaban J connectivity index is 2.31. The molecule has 2 atom stereocenters. The van der Waals surface area contributed by atoms with E-state index < -0.39 is 0 Å². The standard InChI is InChI=1S/C9H19NO/c1-7(2)10-8-5-4-6-9(8)11-3/h7-10H,4-6H2,1-3H3/t8-,9+/m1/s1. The van der Waals surface area contributed by atoms with E-state index >= 15 is 0 Å². The van der Waals surface area contributed by atoms with Crippen molar-refractivity contribution in [1.82, 2.24) is 5.32 Å². The largest absolute Gasteiger partial charge is 0.380 e. The van der Waals surface area contributed by atoms with Crippen molar-refractivity contribution in [2.45, 2.75) is 51.3 Å². The zero-order valence-corrected chi connectivity index (χ0v) is 7.76. The SMILES string of the molecule is CO[C@H]1CCC[C@H]1NC(C)C. The van der Waals surface area contributed by atoms with Gasteiger partial charge in [0, 0.05) is 19.2 Å². The third-order valence-electron chi connectivity index (χ3n) is 2.30. The summed E-state index contributed by atoms with van der Waals surface area (Å²) in [6, 6.07) is 1.18. The fourth-order valence-corrected chi connectivity index (χ4v) is 1.83. The minimum atomic E-state index is 0.456. The zero-order valence-electron chi connectivity index (χ0n) is 7.76. The van der Waals surface area contributed by atoms with Crippen LogP contribution in [0.15, 0.2) is 0 Å². The molecular formula is C9H19NO. The first-order chi connectivity index (χ1) is 5.24. The minimum Gasteiger partial charge on any atom is -0.380 e. The summed E-state index contributed by atoms with van der Waals surface area (Å²) in [4.78, 5) is 0. The van der Waals surface area contributed by atoms with Crippen LogP contribution >= 0.6 is 0 Å². The zero-order chi connectivity index (χ0) is 8.27. The molecule has 1 aliphatic rings. The van der Waals surface area contributed by atoms with Crippen molar-refractivity contribution in [3.05, 3.63) is 0 Å². The van der Waals surface area contributed by atoms with Crippen LogP contribution in [0, 0.1) is 0 Å². The molecule has 0 spiro atoms. The molecule has 11 heavy (non-hydrogen) atoms. The first-order valence-corrected chi connectivity index (χ1v) is 4.53. The van der Waals surface area contributed by atoms with E-state index in [4.69, 9.17) is 4.74 Å². The number of rotatable bonds is 3. The van der Waals surface area contributed by atoms with Crippen LogP contribution in [0.1, 0.15) is 33.1 Å². The highest BCUT2D eigenvalue weighted by Gasteiger charge is 2.26.